The van der Waals surface area contributed by atoms with E-state index in [4.69, 9.17) is 5.11 Å². The number of aliphatic carboxylic acids is 1. The van der Waals surface area contributed by atoms with E-state index in [0.717, 1.165) is 0 Å². The highest BCUT2D eigenvalue weighted by Gasteiger charge is 2.48. The largest absolute Gasteiger partial charge is 0.480 e. The number of fused-ring (bicyclic) bond motifs is 1. The monoisotopic (exact) mass is 205 g/mol. The second kappa shape index (κ2) is 2.68. The lowest BCUT2D eigenvalue weighted by atomic mass is 9.94. The molecule has 0 radical (unpaired) electrons. The SMILES string of the molecule is O=C(O)[C@H]1NC[C@@H]2CS(=O)(=O)C[C@@H]21. The van der Waals surface area contributed by atoms with Crippen LogP contribution in [0.3, 0.4) is 0 Å². The third-order valence-corrected chi connectivity index (χ3v) is 4.64. The Bertz CT molecular complexity index is 336. The van der Waals surface area contributed by atoms with Crippen molar-refractivity contribution in [3.05, 3.63) is 0 Å². The Morgan fingerprint density at radius 2 is 2.08 bits per heavy atom. The number of rotatable bonds is 1. The number of carboxylic acids is 1. The molecular weight excluding hydrogens is 194 g/mol. The minimum absolute atomic E-state index is 0.00565. The molecule has 74 valence electrons. The molecule has 13 heavy (non-hydrogen) atoms. The van der Waals surface area contributed by atoms with Crippen LogP contribution < -0.4 is 5.32 Å². The molecule has 2 N–H and O–H groups in total. The maximum Gasteiger partial charge on any atom is 0.321 e. The highest BCUT2D eigenvalue weighted by molar-refractivity contribution is 7.91. The summed E-state index contributed by atoms with van der Waals surface area (Å²) in [6.07, 6.45) is 0. The zero-order valence-electron chi connectivity index (χ0n) is 6.93. The van der Waals surface area contributed by atoms with Gasteiger partial charge in [0.15, 0.2) is 9.84 Å². The molecule has 0 aromatic heterocycles. The molecule has 0 amide bonds. The first-order valence-corrected chi connectivity index (χ1v) is 5.98. The third kappa shape index (κ3) is 1.44. The number of hydrogen-bond donors (Lipinski definition) is 2. The van der Waals surface area contributed by atoms with Crippen molar-refractivity contribution < 1.29 is 18.3 Å². The molecule has 0 saturated carbocycles. The summed E-state index contributed by atoms with van der Waals surface area (Å²) in [4.78, 5) is 10.7. The van der Waals surface area contributed by atoms with E-state index in [-0.39, 0.29) is 23.3 Å². The van der Waals surface area contributed by atoms with Gasteiger partial charge in [-0.15, -0.1) is 0 Å². The second-order valence-corrected chi connectivity index (χ2v) is 5.88. The van der Waals surface area contributed by atoms with Crippen LogP contribution in [-0.4, -0.2) is 43.6 Å². The van der Waals surface area contributed by atoms with E-state index in [1.807, 2.05) is 0 Å². The molecule has 6 heteroatoms. The van der Waals surface area contributed by atoms with Crippen LogP contribution in [0.1, 0.15) is 0 Å². The number of carbonyl (C=O) groups is 1. The second-order valence-electron chi connectivity index (χ2n) is 3.72. The van der Waals surface area contributed by atoms with Gasteiger partial charge in [-0.1, -0.05) is 0 Å². The topological polar surface area (TPSA) is 83.5 Å². The molecule has 2 heterocycles. The van der Waals surface area contributed by atoms with Gasteiger partial charge in [-0.05, 0) is 5.92 Å². The fraction of sp³-hybridized carbons (Fsp3) is 0.857. The third-order valence-electron chi connectivity index (χ3n) is 2.81. The van der Waals surface area contributed by atoms with E-state index in [1.165, 1.54) is 0 Å². The smallest absolute Gasteiger partial charge is 0.321 e. The van der Waals surface area contributed by atoms with Gasteiger partial charge in [0.2, 0.25) is 0 Å². The molecule has 2 rings (SSSR count). The summed E-state index contributed by atoms with van der Waals surface area (Å²) in [7, 11) is -2.98. The summed E-state index contributed by atoms with van der Waals surface area (Å²) in [5, 5.41) is 11.6. The average molecular weight is 205 g/mol. The normalized spacial score (nSPS) is 41.7. The van der Waals surface area contributed by atoms with Gasteiger partial charge in [-0.2, -0.15) is 0 Å². The van der Waals surface area contributed by atoms with E-state index in [2.05, 4.69) is 5.32 Å². The number of carboxylic acid groups (broad SMARTS) is 1. The van der Waals surface area contributed by atoms with E-state index < -0.39 is 21.8 Å². The van der Waals surface area contributed by atoms with Crippen molar-refractivity contribution in [3.63, 3.8) is 0 Å². The van der Waals surface area contributed by atoms with E-state index in [1.54, 1.807) is 0 Å². The van der Waals surface area contributed by atoms with Crippen molar-refractivity contribution in [1.29, 1.82) is 0 Å². The van der Waals surface area contributed by atoms with Crippen molar-refractivity contribution in [3.8, 4) is 0 Å². The molecule has 0 aliphatic carbocycles. The summed E-state index contributed by atoms with van der Waals surface area (Å²) in [5.41, 5.74) is 0. The Morgan fingerprint density at radius 1 is 1.38 bits per heavy atom. The first-order chi connectivity index (χ1) is 5.99. The fourth-order valence-electron chi connectivity index (χ4n) is 2.23. The lowest BCUT2D eigenvalue weighted by Crippen LogP contribution is -2.37. The van der Waals surface area contributed by atoms with Gasteiger partial charge < -0.3 is 10.4 Å². The minimum atomic E-state index is -2.98. The average Bonchev–Trinajstić information content (AvgIpc) is 2.41. The molecule has 2 fully saturated rings. The molecule has 2 saturated heterocycles. The maximum absolute atomic E-state index is 11.2. The highest BCUT2D eigenvalue weighted by atomic mass is 32.2. The quantitative estimate of drug-likeness (QED) is 0.556. The summed E-state index contributed by atoms with van der Waals surface area (Å²) in [6, 6.07) is -0.665. The van der Waals surface area contributed by atoms with Crippen molar-refractivity contribution in [2.75, 3.05) is 18.1 Å². The molecule has 2 aliphatic rings. The molecule has 0 bridgehead atoms. The predicted octanol–water partition coefficient (Wildman–Crippen LogP) is -1.30. The lowest BCUT2D eigenvalue weighted by Gasteiger charge is -2.11. The Labute approximate surface area is 76.0 Å². The number of nitrogens with one attached hydrogen (secondary N) is 1. The molecule has 0 aromatic rings. The van der Waals surface area contributed by atoms with Crippen LogP contribution in [0, 0.1) is 11.8 Å². The van der Waals surface area contributed by atoms with Crippen LogP contribution in [0.25, 0.3) is 0 Å². The van der Waals surface area contributed by atoms with Gasteiger partial charge in [-0.3, -0.25) is 4.79 Å². The molecule has 2 aliphatic heterocycles. The maximum atomic E-state index is 11.2. The number of hydrogen-bond acceptors (Lipinski definition) is 4. The molecule has 0 spiro atoms. The van der Waals surface area contributed by atoms with E-state index in [9.17, 15) is 13.2 Å². The minimum Gasteiger partial charge on any atom is -0.480 e. The van der Waals surface area contributed by atoms with Gasteiger partial charge in [-0.25, -0.2) is 8.42 Å². The van der Waals surface area contributed by atoms with Gasteiger partial charge in [0.25, 0.3) is 0 Å². The highest BCUT2D eigenvalue weighted by Crippen LogP contribution is 2.32. The predicted molar refractivity (Wildman–Crippen MR) is 45.1 cm³/mol. The van der Waals surface area contributed by atoms with Crippen molar-refractivity contribution in [2.45, 2.75) is 6.04 Å². The van der Waals surface area contributed by atoms with E-state index >= 15 is 0 Å². The molecule has 0 unspecified atom stereocenters. The molecule has 3 atom stereocenters. The van der Waals surface area contributed by atoms with E-state index in [0.29, 0.717) is 6.54 Å². The van der Waals surface area contributed by atoms with Crippen LogP contribution in [0.5, 0.6) is 0 Å². The van der Waals surface area contributed by atoms with Crippen LogP contribution in [0.2, 0.25) is 0 Å². The van der Waals surface area contributed by atoms with Gasteiger partial charge in [0.05, 0.1) is 11.5 Å². The number of sulfone groups is 1. The summed E-state index contributed by atoms with van der Waals surface area (Å²) in [6.45, 7) is 0.515. The Balaban J connectivity index is 2.21. The van der Waals surface area contributed by atoms with Gasteiger partial charge in [0.1, 0.15) is 6.04 Å². The van der Waals surface area contributed by atoms with Crippen molar-refractivity contribution in [1.82, 2.24) is 5.32 Å². The summed E-state index contributed by atoms with van der Waals surface area (Å²) < 4.78 is 22.4. The van der Waals surface area contributed by atoms with Crippen LogP contribution in [0.4, 0.5) is 0 Å². The summed E-state index contributed by atoms with van der Waals surface area (Å²) in [5.74, 6) is -0.978. The molecule has 0 aromatic carbocycles. The summed E-state index contributed by atoms with van der Waals surface area (Å²) >= 11 is 0. The van der Waals surface area contributed by atoms with Gasteiger partial charge >= 0.3 is 5.97 Å². The van der Waals surface area contributed by atoms with Crippen LogP contribution in [-0.2, 0) is 14.6 Å². The zero-order chi connectivity index (χ0) is 9.64. The lowest BCUT2D eigenvalue weighted by molar-refractivity contribution is -0.140. The van der Waals surface area contributed by atoms with Crippen molar-refractivity contribution in [2.24, 2.45) is 11.8 Å². The zero-order valence-corrected chi connectivity index (χ0v) is 7.75. The van der Waals surface area contributed by atoms with Gasteiger partial charge in [0, 0.05) is 12.5 Å². The Kier molecular flexibility index (Phi) is 1.85. The standard InChI is InChI=1S/C7H11NO4S/c9-7(10)6-5-3-13(11,12)2-4(5)1-8-6/h4-6,8H,1-3H2,(H,9,10)/t4-,5+,6+/m1/s1. The fourth-order valence-corrected chi connectivity index (χ4v) is 4.43. The molecule has 5 nitrogen and oxygen atoms in total. The van der Waals surface area contributed by atoms with Crippen LogP contribution in [0.15, 0.2) is 0 Å². The first-order valence-electron chi connectivity index (χ1n) is 4.16. The Morgan fingerprint density at radius 3 is 2.69 bits per heavy atom. The molecular formula is C7H11NO4S. The van der Waals surface area contributed by atoms with Crippen molar-refractivity contribution >= 4 is 15.8 Å². The van der Waals surface area contributed by atoms with Crippen LogP contribution >= 0.6 is 0 Å². The first kappa shape index (κ1) is 8.96. The Hall–Kier alpha value is -0.620.